The summed E-state index contributed by atoms with van der Waals surface area (Å²) < 4.78 is 80.9. The zero-order valence-electron chi connectivity index (χ0n) is 22.5. The number of carboxylic acid groups (broad SMARTS) is 1. The number of guanidine groups is 1. The predicted molar refractivity (Wildman–Crippen MR) is 139 cm³/mol. The lowest BCUT2D eigenvalue weighted by atomic mass is 10.0. The molecule has 1 aliphatic rings. The van der Waals surface area contributed by atoms with Crippen molar-refractivity contribution in [2.45, 2.75) is 58.0 Å². The Hall–Kier alpha value is -3.91. The monoisotopic (exact) mass is 587 g/mol. The number of carboxylic acids is 1. The molecule has 3 rings (SSSR count). The zero-order chi connectivity index (χ0) is 30.4. The Morgan fingerprint density at radius 1 is 1.05 bits per heavy atom. The maximum absolute atomic E-state index is 13.5. The molecule has 1 aliphatic carbocycles. The molecule has 0 atom stereocenters. The van der Waals surface area contributed by atoms with Gasteiger partial charge in [-0.05, 0) is 60.7 Å². The summed E-state index contributed by atoms with van der Waals surface area (Å²) in [6, 6.07) is 2.60. The van der Waals surface area contributed by atoms with Crippen LogP contribution >= 0.6 is 0 Å². The fraction of sp³-hybridized carbons (Fsp3) is 0.500. The molecule has 41 heavy (non-hydrogen) atoms. The van der Waals surface area contributed by atoms with Crippen LogP contribution in [0.2, 0.25) is 0 Å². The van der Waals surface area contributed by atoms with Gasteiger partial charge in [-0.3, -0.25) is 0 Å². The molecule has 1 saturated carbocycles. The van der Waals surface area contributed by atoms with E-state index in [4.69, 9.17) is 5.73 Å². The number of nitrogens with zero attached hydrogens (tertiary/aromatic N) is 6. The summed E-state index contributed by atoms with van der Waals surface area (Å²) in [4.78, 5) is 19.3. The number of aromatic nitrogens is 1. The number of aromatic carboxylic acids is 1. The highest BCUT2D eigenvalue weighted by Crippen LogP contribution is 2.37. The highest BCUT2D eigenvalue weighted by Gasteiger charge is 2.37. The fourth-order valence-corrected chi connectivity index (χ4v) is 4.80. The molecule has 9 nitrogen and oxygen atoms in total. The SMILES string of the molecule is CCN(CC1CCCC1)c1ncc(C(=O)O)cc1CN(Cc1cc(C(F)(F)F)cc(C(F)(F)F)c1)C(N)=NN=NC. The van der Waals surface area contributed by atoms with E-state index < -0.39 is 36.0 Å². The smallest absolute Gasteiger partial charge is 0.416 e. The van der Waals surface area contributed by atoms with Crippen molar-refractivity contribution in [2.75, 3.05) is 25.0 Å². The Bertz CT molecular complexity index is 1240. The number of hydrogen-bond acceptors (Lipinski definition) is 5. The Balaban J connectivity index is 2.09. The largest absolute Gasteiger partial charge is 0.478 e. The summed E-state index contributed by atoms with van der Waals surface area (Å²) in [5, 5.41) is 20.2. The van der Waals surface area contributed by atoms with E-state index in [1.807, 2.05) is 11.8 Å². The van der Waals surface area contributed by atoms with Crippen LogP contribution in [0.25, 0.3) is 0 Å². The van der Waals surface area contributed by atoms with E-state index in [2.05, 4.69) is 20.4 Å². The van der Waals surface area contributed by atoms with Crippen molar-refractivity contribution < 1.29 is 36.2 Å². The number of benzene rings is 1. The van der Waals surface area contributed by atoms with Crippen LogP contribution < -0.4 is 10.6 Å². The van der Waals surface area contributed by atoms with Gasteiger partial charge in [0.15, 0.2) is 0 Å². The molecule has 0 bridgehead atoms. The van der Waals surface area contributed by atoms with Crippen LogP contribution in [0, 0.1) is 5.92 Å². The summed E-state index contributed by atoms with van der Waals surface area (Å²) in [5.74, 6) is -0.779. The van der Waals surface area contributed by atoms with Gasteiger partial charge in [0.2, 0.25) is 5.96 Å². The second-order valence-corrected chi connectivity index (χ2v) is 9.72. The zero-order valence-corrected chi connectivity index (χ0v) is 22.5. The first-order valence-corrected chi connectivity index (χ1v) is 12.9. The topological polar surface area (TPSA) is 120 Å². The van der Waals surface area contributed by atoms with Crippen molar-refractivity contribution in [1.82, 2.24) is 9.88 Å². The van der Waals surface area contributed by atoms with Crippen LogP contribution in [-0.2, 0) is 25.4 Å². The second kappa shape index (κ2) is 13.2. The highest BCUT2D eigenvalue weighted by atomic mass is 19.4. The third-order valence-corrected chi connectivity index (χ3v) is 6.77. The molecule has 3 N–H and O–H groups in total. The number of hydrogen-bond donors (Lipinski definition) is 2. The molecule has 0 spiro atoms. The predicted octanol–water partition coefficient (Wildman–Crippen LogP) is 6.15. The van der Waals surface area contributed by atoms with E-state index in [0.717, 1.165) is 25.7 Å². The molecule has 0 radical (unpaired) electrons. The third kappa shape index (κ3) is 8.54. The standard InChI is InChI=1S/C26H31F6N7O2/c1-3-38(13-16-6-4-5-7-16)22-19(10-18(12-35-22)23(40)41)15-39(24(33)36-37-34-2)14-17-8-20(25(27,28)29)11-21(9-17)26(30,31)32/h8-12,16H,3-7,13-15H2,1-2H3,(H,40,41)(H2,33,34,36). The van der Waals surface area contributed by atoms with Crippen LogP contribution in [0.5, 0.6) is 0 Å². The molecule has 1 heterocycles. The van der Waals surface area contributed by atoms with Crippen LogP contribution in [0.4, 0.5) is 32.2 Å². The summed E-state index contributed by atoms with van der Waals surface area (Å²) in [5.41, 5.74) is 2.96. The first-order valence-electron chi connectivity index (χ1n) is 12.9. The van der Waals surface area contributed by atoms with Crippen molar-refractivity contribution in [2.24, 2.45) is 27.1 Å². The second-order valence-electron chi connectivity index (χ2n) is 9.72. The van der Waals surface area contributed by atoms with Crippen molar-refractivity contribution in [3.8, 4) is 0 Å². The number of alkyl halides is 6. The lowest BCUT2D eigenvalue weighted by molar-refractivity contribution is -0.143. The molecule has 2 aromatic rings. The minimum Gasteiger partial charge on any atom is -0.478 e. The quantitative estimate of drug-likeness (QED) is 0.113. The van der Waals surface area contributed by atoms with E-state index >= 15 is 0 Å². The van der Waals surface area contributed by atoms with Crippen molar-refractivity contribution in [1.29, 1.82) is 0 Å². The van der Waals surface area contributed by atoms with E-state index in [9.17, 15) is 36.2 Å². The molecule has 224 valence electrons. The summed E-state index contributed by atoms with van der Waals surface area (Å²) in [6.07, 6.45) is -4.60. The van der Waals surface area contributed by atoms with Gasteiger partial charge in [0, 0.05) is 37.9 Å². The molecule has 0 unspecified atom stereocenters. The number of rotatable bonds is 10. The Morgan fingerprint density at radius 2 is 1.66 bits per heavy atom. The average Bonchev–Trinajstić information content (AvgIpc) is 3.42. The lowest BCUT2D eigenvalue weighted by Crippen LogP contribution is -2.37. The maximum Gasteiger partial charge on any atom is 0.416 e. The van der Waals surface area contributed by atoms with Gasteiger partial charge in [-0.15, -0.1) is 0 Å². The van der Waals surface area contributed by atoms with Crippen molar-refractivity contribution in [3.05, 3.63) is 58.3 Å². The minimum atomic E-state index is -5.04. The molecule has 15 heteroatoms. The van der Waals surface area contributed by atoms with Gasteiger partial charge in [-0.25, -0.2) is 9.78 Å². The summed E-state index contributed by atoms with van der Waals surface area (Å²) in [6.45, 7) is 2.31. The van der Waals surface area contributed by atoms with Gasteiger partial charge in [0.05, 0.1) is 23.7 Å². The van der Waals surface area contributed by atoms with Crippen molar-refractivity contribution in [3.63, 3.8) is 0 Å². The van der Waals surface area contributed by atoms with Crippen molar-refractivity contribution >= 4 is 17.7 Å². The fourth-order valence-electron chi connectivity index (χ4n) is 4.80. The Kier molecular flexibility index (Phi) is 10.2. The average molecular weight is 588 g/mol. The van der Waals surface area contributed by atoms with Crippen LogP contribution in [0.1, 0.15) is 65.2 Å². The van der Waals surface area contributed by atoms with Gasteiger partial charge in [0.25, 0.3) is 0 Å². The molecule has 1 fully saturated rings. The third-order valence-electron chi connectivity index (χ3n) is 6.77. The maximum atomic E-state index is 13.5. The number of anilines is 1. The van der Waals surface area contributed by atoms with E-state index in [1.165, 1.54) is 24.2 Å². The number of halogens is 6. The first kappa shape index (κ1) is 31.6. The molecule has 0 amide bonds. The summed E-state index contributed by atoms with van der Waals surface area (Å²) >= 11 is 0. The van der Waals surface area contributed by atoms with Crippen LogP contribution in [0.3, 0.4) is 0 Å². The van der Waals surface area contributed by atoms with Gasteiger partial charge in [0.1, 0.15) is 5.82 Å². The highest BCUT2D eigenvalue weighted by molar-refractivity contribution is 5.88. The van der Waals surface area contributed by atoms with Crippen LogP contribution in [-0.4, -0.2) is 47.1 Å². The minimum absolute atomic E-state index is 0.0388. The normalized spacial score (nSPS) is 15.1. The first-order chi connectivity index (χ1) is 19.2. The number of carbonyl (C=O) groups is 1. The molecule has 1 aromatic heterocycles. The van der Waals surface area contributed by atoms with Gasteiger partial charge in [-0.2, -0.15) is 31.5 Å². The molecule has 0 aliphatic heterocycles. The van der Waals surface area contributed by atoms with Crippen LogP contribution in [0.15, 0.2) is 45.9 Å². The molecule has 0 saturated heterocycles. The molecular formula is C26H31F6N7O2. The molecule has 1 aromatic carbocycles. The van der Waals surface area contributed by atoms with Gasteiger partial charge < -0.3 is 20.6 Å². The van der Waals surface area contributed by atoms with E-state index in [0.29, 0.717) is 42.5 Å². The van der Waals surface area contributed by atoms with Gasteiger partial charge >= 0.3 is 18.3 Å². The number of nitrogens with two attached hydrogens (primary N) is 1. The van der Waals surface area contributed by atoms with Gasteiger partial charge in [-0.1, -0.05) is 17.9 Å². The number of pyridine rings is 1. The Labute approximate surface area is 232 Å². The lowest BCUT2D eigenvalue weighted by Gasteiger charge is -2.30. The van der Waals surface area contributed by atoms with E-state index in [1.54, 1.807) is 0 Å². The Morgan fingerprint density at radius 3 is 2.17 bits per heavy atom. The molecular weight excluding hydrogens is 556 g/mol. The summed E-state index contributed by atoms with van der Waals surface area (Å²) in [7, 11) is 1.30. The van der Waals surface area contributed by atoms with E-state index in [-0.39, 0.29) is 29.7 Å².